The van der Waals surface area contributed by atoms with Gasteiger partial charge < -0.3 is 0 Å². The molecule has 83 valence electrons. The molecule has 0 saturated heterocycles. The molecule has 0 spiro atoms. The van der Waals surface area contributed by atoms with Gasteiger partial charge in [0.05, 0.1) is 12.2 Å². The van der Waals surface area contributed by atoms with E-state index in [0.717, 1.165) is 12.2 Å². The Morgan fingerprint density at radius 2 is 1.88 bits per heavy atom. The third kappa shape index (κ3) is 2.51. The molecule has 1 heterocycles. The summed E-state index contributed by atoms with van der Waals surface area (Å²) in [5, 5.41) is 4.54. The van der Waals surface area contributed by atoms with E-state index in [9.17, 15) is 0 Å². The van der Waals surface area contributed by atoms with Crippen LogP contribution < -0.4 is 0 Å². The Labute approximate surface area is 96.9 Å². The first-order valence-corrected chi connectivity index (χ1v) is 5.55. The van der Waals surface area contributed by atoms with E-state index in [2.05, 4.69) is 44.1 Å². The third-order valence-corrected chi connectivity index (χ3v) is 2.48. The molecule has 1 aromatic carbocycles. The molecule has 0 N–H and O–H groups in total. The molecule has 0 aliphatic rings. The van der Waals surface area contributed by atoms with Crippen molar-refractivity contribution in [3.8, 4) is 0 Å². The van der Waals surface area contributed by atoms with Crippen molar-refractivity contribution in [3.63, 3.8) is 0 Å². The Hall–Kier alpha value is -1.57. The monoisotopic (exact) mass is 213 g/mol. The largest absolute Gasteiger partial charge is 0.267 e. The number of hydrogen-bond donors (Lipinski definition) is 0. The zero-order valence-electron chi connectivity index (χ0n) is 10.1. The molecule has 0 bridgehead atoms. The lowest BCUT2D eigenvalue weighted by Crippen LogP contribution is -2.13. The molecule has 16 heavy (non-hydrogen) atoms. The van der Waals surface area contributed by atoms with E-state index >= 15 is 0 Å². The van der Waals surface area contributed by atoms with E-state index in [0.29, 0.717) is 0 Å². The summed E-state index contributed by atoms with van der Waals surface area (Å²) in [6.45, 7) is 7.27. The van der Waals surface area contributed by atoms with Crippen molar-refractivity contribution in [3.05, 3.63) is 53.9 Å². The molecular weight excluding hydrogens is 196 g/mol. The van der Waals surface area contributed by atoms with Crippen molar-refractivity contribution in [2.24, 2.45) is 0 Å². The van der Waals surface area contributed by atoms with Gasteiger partial charge in [-0.2, -0.15) is 5.10 Å². The Kier molecular flexibility index (Phi) is 2.82. The average molecular weight is 213 g/mol. The molecule has 1 aromatic heterocycles. The minimum atomic E-state index is 0.0714. The number of hydrogen-bond acceptors (Lipinski definition) is 1. The van der Waals surface area contributed by atoms with Gasteiger partial charge in [-0.1, -0.05) is 51.1 Å². The van der Waals surface area contributed by atoms with E-state index in [1.165, 1.54) is 5.56 Å². The number of aromatic nitrogens is 2. The third-order valence-electron chi connectivity index (χ3n) is 2.48. The van der Waals surface area contributed by atoms with Crippen LogP contribution in [0.5, 0.6) is 0 Å². The van der Waals surface area contributed by atoms with Crippen molar-refractivity contribution in [1.29, 1.82) is 0 Å². The summed E-state index contributed by atoms with van der Waals surface area (Å²) in [4.78, 5) is 0. The standard InChI is InChI=1S/C14H17N2/c1-14(2,3)13-9-10-16(15-13)11-12-7-5-4-6-8-12/h4-8,10H,11H2,1-3H3. The zero-order chi connectivity index (χ0) is 11.6. The lowest BCUT2D eigenvalue weighted by molar-refractivity contribution is 0.544. The first kappa shape index (κ1) is 10.9. The molecule has 0 aliphatic heterocycles. The van der Waals surface area contributed by atoms with Crippen LogP contribution in [0.3, 0.4) is 0 Å². The highest BCUT2D eigenvalue weighted by atomic mass is 15.3. The molecule has 2 heteroatoms. The van der Waals surface area contributed by atoms with Crippen LogP contribution in [0.1, 0.15) is 32.0 Å². The molecule has 0 fully saturated rings. The summed E-state index contributed by atoms with van der Waals surface area (Å²) in [5.41, 5.74) is 2.35. The van der Waals surface area contributed by atoms with Crippen LogP contribution in [0.15, 0.2) is 36.5 Å². The van der Waals surface area contributed by atoms with Crippen LogP contribution in [0.25, 0.3) is 0 Å². The highest BCUT2D eigenvalue weighted by molar-refractivity contribution is 5.16. The van der Waals surface area contributed by atoms with Crippen LogP contribution in [0.4, 0.5) is 0 Å². The molecule has 0 amide bonds. The lowest BCUT2D eigenvalue weighted by Gasteiger charge is -2.14. The van der Waals surface area contributed by atoms with Gasteiger partial charge in [0.15, 0.2) is 0 Å². The van der Waals surface area contributed by atoms with Gasteiger partial charge in [-0.25, -0.2) is 0 Å². The predicted molar refractivity (Wildman–Crippen MR) is 65.3 cm³/mol. The second-order valence-electron chi connectivity index (χ2n) is 5.06. The van der Waals surface area contributed by atoms with Crippen molar-refractivity contribution in [1.82, 2.24) is 9.78 Å². The highest BCUT2D eigenvalue weighted by Gasteiger charge is 2.16. The SMILES string of the molecule is CC(C)(C)c1[c]cn(Cc2ccccc2)n1. The predicted octanol–water partition coefficient (Wildman–Crippen LogP) is 3.03. The van der Waals surface area contributed by atoms with Crippen LogP contribution in [0.2, 0.25) is 0 Å². The van der Waals surface area contributed by atoms with Crippen LogP contribution in [0, 0.1) is 6.07 Å². The maximum Gasteiger partial charge on any atom is 0.0757 e. The quantitative estimate of drug-likeness (QED) is 0.749. The first-order chi connectivity index (χ1) is 7.55. The second-order valence-corrected chi connectivity index (χ2v) is 5.06. The molecule has 2 nitrogen and oxygen atoms in total. The van der Waals surface area contributed by atoms with E-state index in [4.69, 9.17) is 0 Å². The summed E-state index contributed by atoms with van der Waals surface area (Å²) in [6.07, 6.45) is 1.92. The lowest BCUT2D eigenvalue weighted by atomic mass is 9.93. The van der Waals surface area contributed by atoms with Gasteiger partial charge in [0.2, 0.25) is 0 Å². The number of rotatable bonds is 2. The molecule has 0 unspecified atom stereocenters. The Morgan fingerprint density at radius 1 is 1.19 bits per heavy atom. The van der Waals surface area contributed by atoms with Crippen LogP contribution in [-0.4, -0.2) is 9.78 Å². The summed E-state index contributed by atoms with van der Waals surface area (Å²) >= 11 is 0. The summed E-state index contributed by atoms with van der Waals surface area (Å²) in [6, 6.07) is 13.6. The fourth-order valence-electron chi connectivity index (χ4n) is 1.54. The molecule has 0 aliphatic carbocycles. The summed E-state index contributed by atoms with van der Waals surface area (Å²) < 4.78 is 1.94. The van der Waals surface area contributed by atoms with E-state index in [-0.39, 0.29) is 5.41 Å². The summed E-state index contributed by atoms with van der Waals surface area (Å²) in [7, 11) is 0. The van der Waals surface area contributed by atoms with Gasteiger partial charge in [0.1, 0.15) is 0 Å². The average Bonchev–Trinajstić information content (AvgIpc) is 2.67. The van der Waals surface area contributed by atoms with Gasteiger partial charge in [-0.15, -0.1) is 0 Å². The van der Waals surface area contributed by atoms with Gasteiger partial charge >= 0.3 is 0 Å². The summed E-state index contributed by atoms with van der Waals surface area (Å²) in [5.74, 6) is 0. The van der Waals surface area contributed by atoms with E-state index in [1.54, 1.807) is 0 Å². The minimum Gasteiger partial charge on any atom is -0.267 e. The van der Waals surface area contributed by atoms with Gasteiger partial charge in [-0.05, 0) is 5.56 Å². The van der Waals surface area contributed by atoms with Crippen LogP contribution >= 0.6 is 0 Å². The number of nitrogens with zero attached hydrogens (tertiary/aromatic N) is 2. The second kappa shape index (κ2) is 4.12. The van der Waals surface area contributed by atoms with E-state index < -0.39 is 0 Å². The van der Waals surface area contributed by atoms with Crippen molar-refractivity contribution in [2.75, 3.05) is 0 Å². The molecule has 2 aromatic rings. The fraction of sp³-hybridized carbons (Fsp3) is 0.357. The van der Waals surface area contributed by atoms with Crippen LogP contribution in [-0.2, 0) is 12.0 Å². The number of benzene rings is 1. The Bertz CT molecular complexity index is 449. The minimum absolute atomic E-state index is 0.0714. The van der Waals surface area contributed by atoms with Gasteiger partial charge in [-0.3, -0.25) is 4.68 Å². The maximum absolute atomic E-state index is 4.54. The first-order valence-electron chi connectivity index (χ1n) is 5.55. The molecule has 1 radical (unpaired) electrons. The molecular formula is C14H17N2. The maximum atomic E-state index is 4.54. The molecule has 2 rings (SSSR count). The van der Waals surface area contributed by atoms with E-state index in [1.807, 2.05) is 29.1 Å². The fourth-order valence-corrected chi connectivity index (χ4v) is 1.54. The van der Waals surface area contributed by atoms with Crippen molar-refractivity contribution < 1.29 is 0 Å². The Balaban J connectivity index is 2.15. The highest BCUT2D eigenvalue weighted by Crippen LogP contribution is 2.19. The van der Waals surface area contributed by atoms with Gasteiger partial charge in [0.25, 0.3) is 0 Å². The van der Waals surface area contributed by atoms with Gasteiger partial charge in [0, 0.05) is 17.7 Å². The molecule has 0 atom stereocenters. The normalized spacial score (nSPS) is 11.7. The smallest absolute Gasteiger partial charge is 0.0757 e. The Morgan fingerprint density at radius 3 is 2.44 bits per heavy atom. The van der Waals surface area contributed by atoms with Crippen molar-refractivity contribution >= 4 is 0 Å². The van der Waals surface area contributed by atoms with Crippen molar-refractivity contribution in [2.45, 2.75) is 32.7 Å². The zero-order valence-corrected chi connectivity index (χ0v) is 10.1. The topological polar surface area (TPSA) is 17.8 Å². The molecule has 0 saturated carbocycles.